The van der Waals surface area contributed by atoms with Crippen LogP contribution in [0.1, 0.15) is 39.3 Å². The number of alkyl halides is 1. The van der Waals surface area contributed by atoms with E-state index >= 15 is 4.39 Å². The number of halogens is 1. The molecule has 9 atom stereocenters. The highest BCUT2D eigenvalue weighted by Crippen LogP contribution is 2.59. The number of imidazole rings is 1. The first-order valence-corrected chi connectivity index (χ1v) is 20.7. The molecule has 2 saturated heterocycles. The van der Waals surface area contributed by atoms with Crippen LogP contribution in [0, 0.1) is 23.2 Å². The molecule has 1 aliphatic carbocycles. The van der Waals surface area contributed by atoms with Gasteiger partial charge in [0, 0.05) is 30.5 Å². The lowest BCUT2D eigenvalue weighted by molar-refractivity contribution is -0.118. The van der Waals surface area contributed by atoms with Gasteiger partial charge < -0.3 is 18.5 Å². The Morgan fingerprint density at radius 1 is 1.28 bits per heavy atom. The number of carbonyl (C=O) groups excluding carboxylic acids is 1. The maximum absolute atomic E-state index is 16.4. The second kappa shape index (κ2) is 15.4. The summed E-state index contributed by atoms with van der Waals surface area (Å²) in [6.07, 6.45) is -3.01. The quantitative estimate of drug-likeness (QED) is 0.169. The number of amides is 1. The van der Waals surface area contributed by atoms with Crippen molar-refractivity contribution in [3.63, 3.8) is 0 Å². The lowest BCUT2D eigenvalue weighted by Crippen LogP contribution is -2.32. The average molecular weight is 775 g/mol. The monoisotopic (exact) mass is 774 g/mol. The van der Waals surface area contributed by atoms with Crippen LogP contribution in [0.15, 0.2) is 29.7 Å². The normalized spacial score (nSPS) is 33.2. The van der Waals surface area contributed by atoms with Gasteiger partial charge in [-0.2, -0.15) is 10.2 Å². The highest BCUT2D eigenvalue weighted by molar-refractivity contribution is 8.44. The number of nitriles is 1. The highest BCUT2D eigenvalue weighted by Gasteiger charge is 2.52. The van der Waals surface area contributed by atoms with Crippen LogP contribution >= 0.6 is 25.8 Å². The van der Waals surface area contributed by atoms with Crippen molar-refractivity contribution in [2.75, 3.05) is 25.1 Å². The van der Waals surface area contributed by atoms with E-state index in [2.05, 4.69) is 42.5 Å². The molecular formula is C27H33FN8O10P2S2. The fraction of sp³-hybridized carbons (Fsp3) is 0.593. The molecule has 0 radical (unpaired) electrons. The number of ether oxygens (including phenoxy) is 2. The Bertz CT molecular complexity index is 1900. The molecule has 1 saturated carbocycles. The minimum atomic E-state index is -4.13. The van der Waals surface area contributed by atoms with E-state index in [0.29, 0.717) is 12.3 Å². The van der Waals surface area contributed by atoms with Crippen LogP contribution < -0.4 is 15.6 Å². The summed E-state index contributed by atoms with van der Waals surface area (Å²) >= 11 is 9.91. The summed E-state index contributed by atoms with van der Waals surface area (Å²) in [5, 5.41) is 11.7. The smallest absolute Gasteiger partial charge is 0.386 e. The van der Waals surface area contributed by atoms with Crippen LogP contribution in [-0.4, -0.2) is 85.8 Å². The van der Waals surface area contributed by atoms with E-state index in [9.17, 15) is 14.2 Å². The van der Waals surface area contributed by atoms with Gasteiger partial charge in [0.15, 0.2) is 23.6 Å². The van der Waals surface area contributed by atoms with Gasteiger partial charge in [0.05, 0.1) is 44.7 Å². The Kier molecular flexibility index (Phi) is 11.3. The van der Waals surface area contributed by atoms with Gasteiger partial charge in [0.25, 0.3) is 5.56 Å². The summed E-state index contributed by atoms with van der Waals surface area (Å²) in [6.45, 7) is -5.62. The van der Waals surface area contributed by atoms with Gasteiger partial charge in [0.2, 0.25) is 17.7 Å². The summed E-state index contributed by atoms with van der Waals surface area (Å²) in [5.74, 6) is -1.18. The summed E-state index contributed by atoms with van der Waals surface area (Å²) < 4.78 is 72.6. The van der Waals surface area contributed by atoms with Crippen LogP contribution in [0.5, 0.6) is 5.88 Å². The fourth-order valence-corrected chi connectivity index (χ4v) is 9.23. The molecule has 0 spiro atoms. The Labute approximate surface area is 294 Å². The number of rotatable bonds is 8. The Morgan fingerprint density at radius 3 is 2.84 bits per heavy atom. The van der Waals surface area contributed by atoms with Gasteiger partial charge in [0.1, 0.15) is 24.6 Å². The molecular weight excluding hydrogens is 741 g/mol. The van der Waals surface area contributed by atoms with Gasteiger partial charge in [-0.05, 0) is 18.2 Å². The third kappa shape index (κ3) is 8.42. The van der Waals surface area contributed by atoms with Crippen molar-refractivity contribution in [3.05, 3.63) is 35.3 Å². The molecule has 3 fully saturated rings. The number of hydrogen-bond acceptors (Lipinski definition) is 16. The van der Waals surface area contributed by atoms with E-state index in [1.807, 2.05) is 6.07 Å². The predicted octanol–water partition coefficient (Wildman–Crippen LogP) is 3.61. The number of fused-ring (bicyclic) bond motifs is 4. The molecule has 0 aromatic carbocycles. The summed E-state index contributed by atoms with van der Waals surface area (Å²) in [7, 11) is 0. The first-order valence-electron chi connectivity index (χ1n) is 15.4. The average Bonchev–Trinajstić information content (AvgIpc) is 3.74. The number of nitrogens with zero attached hydrogens (tertiary/aromatic N) is 6. The van der Waals surface area contributed by atoms with Crippen molar-refractivity contribution >= 4 is 60.6 Å². The van der Waals surface area contributed by atoms with Gasteiger partial charge in [-0.15, -0.1) is 0 Å². The Balaban J connectivity index is 1.32. The van der Waals surface area contributed by atoms with Crippen molar-refractivity contribution < 1.29 is 45.8 Å². The van der Waals surface area contributed by atoms with Crippen LogP contribution in [0.2, 0.25) is 0 Å². The Hall–Kier alpha value is -2.89. The van der Waals surface area contributed by atoms with Gasteiger partial charge in [-0.1, -0.05) is 26.1 Å². The molecule has 1 amide bonds. The van der Waals surface area contributed by atoms with Crippen LogP contribution in [-0.2, 0) is 48.5 Å². The van der Waals surface area contributed by atoms with E-state index in [1.165, 1.54) is 23.4 Å². The molecule has 0 unspecified atom stereocenters. The number of aromatic nitrogens is 6. The number of hydrogen-bond donors (Lipinski definition) is 3. The molecule has 2 N–H and O–H groups in total. The molecule has 2 bridgehead atoms. The second-order valence-corrected chi connectivity index (χ2v) is 17.7. The lowest BCUT2D eigenvalue weighted by atomic mass is 10.1. The van der Waals surface area contributed by atoms with Gasteiger partial charge in [-0.25, -0.2) is 23.9 Å². The van der Waals surface area contributed by atoms with Crippen molar-refractivity contribution in [2.45, 2.75) is 69.9 Å². The standard InChI is InChI=1S/C27H33FN8O10P2S2/c1-14(2)24(37)34-27-33-23-21(25(38)35-27)32-13-36(23)26-22-20(28)18(44-26)11-41-47(39,49)45-17-9-16(43-19-4-6-30-12-31-19)8-15(17)10-42-48(50,46-22)40-7-3-5-29/h4,6,12-18,20,22,26H,3,7-11H2,1-2H3,(H,39,49)(H2,33,34,35,37,38)/t15-,16-,17+,18-,20-,22-,26-,47-,48-/m1/s1. The van der Waals surface area contributed by atoms with Crippen LogP contribution in [0.25, 0.3) is 11.2 Å². The molecule has 3 aromatic rings. The van der Waals surface area contributed by atoms with Crippen LogP contribution in [0.3, 0.4) is 0 Å². The highest BCUT2D eigenvalue weighted by atomic mass is 32.7. The number of aromatic amines is 1. The van der Waals surface area contributed by atoms with Crippen LogP contribution in [0.4, 0.5) is 10.3 Å². The second-order valence-electron chi connectivity index (χ2n) is 11.9. The number of thiol groups is 1. The zero-order valence-corrected chi connectivity index (χ0v) is 30.1. The van der Waals surface area contributed by atoms with E-state index in [1.54, 1.807) is 19.9 Å². The number of anilines is 1. The Morgan fingerprint density at radius 2 is 2.10 bits per heavy atom. The van der Waals surface area contributed by atoms with E-state index < -0.39 is 80.2 Å². The maximum atomic E-state index is 16.4. The largest absolute Gasteiger partial charge is 0.474 e. The van der Waals surface area contributed by atoms with E-state index in [-0.39, 0.29) is 43.2 Å². The molecule has 270 valence electrons. The molecule has 5 heterocycles. The molecule has 18 nitrogen and oxygen atoms in total. The number of carbonyl (C=O) groups is 1. The van der Waals surface area contributed by atoms with Crippen molar-refractivity contribution in [1.29, 1.82) is 5.26 Å². The molecule has 3 aliphatic rings. The minimum Gasteiger partial charge on any atom is -0.474 e. The van der Waals surface area contributed by atoms with Gasteiger partial charge in [-0.3, -0.25) is 38.0 Å². The first-order chi connectivity index (χ1) is 23.8. The maximum Gasteiger partial charge on any atom is 0.386 e. The van der Waals surface area contributed by atoms with Crippen molar-refractivity contribution in [3.8, 4) is 11.9 Å². The molecule has 23 heteroatoms. The van der Waals surface area contributed by atoms with Crippen molar-refractivity contribution in [1.82, 2.24) is 29.5 Å². The zero-order valence-electron chi connectivity index (χ0n) is 26.6. The predicted molar refractivity (Wildman–Crippen MR) is 178 cm³/mol. The fourth-order valence-electron chi connectivity index (χ4n) is 5.56. The van der Waals surface area contributed by atoms with Gasteiger partial charge >= 0.3 is 13.5 Å². The number of nitrogens with one attached hydrogen (secondary N) is 2. The van der Waals surface area contributed by atoms with E-state index in [4.69, 9.17) is 49.2 Å². The SMILES string of the molecule is CC(C)C(=O)Nc1nc2c(ncn2[C@@H]2O[C@@H]3CO[P@@](=O)(S)O[C@H]4C[C@H](Oc5ccncn5)C[C@@H]4CO[P@](=S)(OCCC#N)O[C@@H]2[C@@H]3F)c(=O)[nH]1. The molecule has 3 aromatic heterocycles. The zero-order chi connectivity index (χ0) is 35.6. The summed E-state index contributed by atoms with van der Waals surface area (Å²) in [6, 6.07) is 3.54. The summed E-state index contributed by atoms with van der Waals surface area (Å²) in [4.78, 5) is 44.1. The first kappa shape index (κ1) is 36.9. The minimum absolute atomic E-state index is 0.0677. The number of H-pyrrole nitrogens is 1. The molecule has 50 heavy (non-hydrogen) atoms. The van der Waals surface area contributed by atoms with Crippen molar-refractivity contribution in [2.24, 2.45) is 11.8 Å². The lowest BCUT2D eigenvalue weighted by Gasteiger charge is -2.30. The summed E-state index contributed by atoms with van der Waals surface area (Å²) in [5.41, 5.74) is -0.899. The molecule has 6 rings (SSSR count). The van der Waals surface area contributed by atoms with E-state index in [0.717, 1.165) is 0 Å². The third-order valence-electron chi connectivity index (χ3n) is 8.00. The molecule has 2 aliphatic heterocycles. The topological polar surface area (TPSA) is 224 Å². The third-order valence-corrected chi connectivity index (χ3v) is 12.0.